The van der Waals surface area contributed by atoms with E-state index in [0.717, 1.165) is 75.1 Å². The average Bonchev–Trinajstić information content (AvgIpc) is 3.17. The Labute approximate surface area is 155 Å². The van der Waals surface area contributed by atoms with Gasteiger partial charge in [-0.25, -0.2) is 9.97 Å². The molecule has 0 aliphatic carbocycles. The topological polar surface area (TPSA) is 63.2 Å². The van der Waals surface area contributed by atoms with Crippen LogP contribution < -0.4 is 10.2 Å². The number of aromatic nitrogens is 3. The number of pyridine rings is 1. The van der Waals surface area contributed by atoms with Crippen LogP contribution in [0.2, 0.25) is 0 Å². The lowest BCUT2D eigenvalue weighted by atomic mass is 10.1. The van der Waals surface area contributed by atoms with Gasteiger partial charge in [-0.2, -0.15) is 0 Å². The van der Waals surface area contributed by atoms with Gasteiger partial charge in [0, 0.05) is 55.7 Å². The Kier molecular flexibility index (Phi) is 5.41. The number of nitrogens with one attached hydrogen (secondary N) is 1. The molecule has 2 aliphatic rings. The van der Waals surface area contributed by atoms with Gasteiger partial charge in [-0.1, -0.05) is 6.92 Å². The quantitative estimate of drug-likeness (QED) is 0.805. The molecule has 0 radical (unpaired) electrons. The summed E-state index contributed by atoms with van der Waals surface area (Å²) >= 11 is 0. The van der Waals surface area contributed by atoms with Gasteiger partial charge >= 0.3 is 0 Å². The third-order valence-corrected chi connectivity index (χ3v) is 5.12. The van der Waals surface area contributed by atoms with Gasteiger partial charge in [0.05, 0.1) is 12.3 Å². The van der Waals surface area contributed by atoms with E-state index in [2.05, 4.69) is 22.1 Å². The maximum absolute atomic E-state index is 5.78. The van der Waals surface area contributed by atoms with Gasteiger partial charge in [-0.15, -0.1) is 0 Å². The van der Waals surface area contributed by atoms with E-state index in [9.17, 15) is 0 Å². The van der Waals surface area contributed by atoms with Gasteiger partial charge in [0.15, 0.2) is 5.82 Å². The van der Waals surface area contributed by atoms with Gasteiger partial charge < -0.3 is 15.0 Å². The molecule has 0 amide bonds. The number of hydrogen-bond donors (Lipinski definition) is 1. The number of nitrogens with zero attached hydrogens (tertiary/aromatic N) is 4. The molecule has 4 heterocycles. The number of hydrogen-bond acceptors (Lipinski definition) is 6. The van der Waals surface area contributed by atoms with Crippen LogP contribution in [0.5, 0.6) is 0 Å². The molecule has 4 rings (SSSR count). The third kappa shape index (κ3) is 3.71. The number of rotatable bonds is 6. The highest BCUT2D eigenvalue weighted by Crippen LogP contribution is 2.31. The minimum Gasteiger partial charge on any atom is -0.381 e. The highest BCUT2D eigenvalue weighted by molar-refractivity contribution is 5.60. The summed E-state index contributed by atoms with van der Waals surface area (Å²) in [5.41, 5.74) is 3.42. The molecule has 0 spiro atoms. The molecule has 2 aliphatic heterocycles. The molecule has 1 atom stereocenters. The van der Waals surface area contributed by atoms with Crippen molar-refractivity contribution in [2.24, 2.45) is 5.92 Å². The smallest absolute Gasteiger partial charge is 0.163 e. The summed E-state index contributed by atoms with van der Waals surface area (Å²) in [4.78, 5) is 16.5. The van der Waals surface area contributed by atoms with E-state index in [4.69, 9.17) is 14.7 Å². The predicted octanol–water partition coefficient (Wildman–Crippen LogP) is 2.44. The van der Waals surface area contributed by atoms with Crippen molar-refractivity contribution in [3.05, 3.63) is 35.8 Å². The summed E-state index contributed by atoms with van der Waals surface area (Å²) < 4.78 is 5.78. The van der Waals surface area contributed by atoms with Crippen LogP contribution in [0.25, 0.3) is 11.4 Å². The van der Waals surface area contributed by atoms with Crippen molar-refractivity contribution in [2.75, 3.05) is 37.7 Å². The van der Waals surface area contributed by atoms with Crippen molar-refractivity contribution in [3.63, 3.8) is 0 Å². The molecule has 2 aromatic heterocycles. The molecule has 6 heteroatoms. The number of fused-ring (bicyclic) bond motifs is 1. The molecule has 1 saturated heterocycles. The zero-order valence-electron chi connectivity index (χ0n) is 15.4. The molecule has 2 aromatic rings. The van der Waals surface area contributed by atoms with Gasteiger partial charge in [-0.3, -0.25) is 4.98 Å². The van der Waals surface area contributed by atoms with Gasteiger partial charge in [0.2, 0.25) is 0 Å². The van der Waals surface area contributed by atoms with Crippen molar-refractivity contribution < 1.29 is 4.74 Å². The molecule has 1 N–H and O–H groups in total. The highest BCUT2D eigenvalue weighted by atomic mass is 16.5. The van der Waals surface area contributed by atoms with Crippen molar-refractivity contribution >= 4 is 5.82 Å². The fraction of sp³-hybridized carbons (Fsp3) is 0.550. The minimum atomic E-state index is 0.593. The van der Waals surface area contributed by atoms with Crippen LogP contribution in [-0.2, 0) is 17.7 Å². The van der Waals surface area contributed by atoms with Gasteiger partial charge in [-0.05, 0) is 37.9 Å². The van der Waals surface area contributed by atoms with E-state index >= 15 is 0 Å². The van der Waals surface area contributed by atoms with Crippen molar-refractivity contribution in [2.45, 2.75) is 32.7 Å². The lowest BCUT2D eigenvalue weighted by Gasteiger charge is -2.26. The highest BCUT2D eigenvalue weighted by Gasteiger charge is 2.28. The summed E-state index contributed by atoms with van der Waals surface area (Å²) in [6.07, 6.45) is 6.87. The second-order valence-electron chi connectivity index (χ2n) is 7.14. The summed E-state index contributed by atoms with van der Waals surface area (Å²) in [6.45, 7) is 7.74. The molecule has 0 bridgehead atoms. The van der Waals surface area contributed by atoms with Crippen LogP contribution in [0.15, 0.2) is 24.5 Å². The maximum Gasteiger partial charge on any atom is 0.163 e. The predicted molar refractivity (Wildman–Crippen MR) is 102 cm³/mol. The van der Waals surface area contributed by atoms with E-state index < -0.39 is 0 Å². The van der Waals surface area contributed by atoms with Crippen molar-refractivity contribution in [3.8, 4) is 11.4 Å². The van der Waals surface area contributed by atoms with E-state index in [0.29, 0.717) is 5.92 Å². The summed E-state index contributed by atoms with van der Waals surface area (Å²) in [7, 11) is 0. The zero-order valence-corrected chi connectivity index (χ0v) is 15.4. The number of anilines is 1. The summed E-state index contributed by atoms with van der Waals surface area (Å²) in [5, 5.41) is 3.44. The SMILES string of the molecule is CCCOCC1CCN(c2nc(-c3cccnc3)nc3c2CCNC3)C1. The Hall–Kier alpha value is -2.05. The summed E-state index contributed by atoms with van der Waals surface area (Å²) in [6, 6.07) is 3.97. The molecular formula is C20H27N5O. The second-order valence-corrected chi connectivity index (χ2v) is 7.14. The monoisotopic (exact) mass is 353 g/mol. The first-order valence-electron chi connectivity index (χ1n) is 9.68. The Morgan fingerprint density at radius 2 is 2.31 bits per heavy atom. The molecule has 138 valence electrons. The standard InChI is InChI=1S/C20H27N5O/c1-2-10-26-14-15-6-9-25(13-15)20-17-5-8-22-12-18(17)23-19(24-20)16-4-3-7-21-11-16/h3-4,7,11,15,22H,2,5-6,8-10,12-14H2,1H3. The molecule has 1 fully saturated rings. The third-order valence-electron chi connectivity index (χ3n) is 5.12. The molecule has 1 unspecified atom stereocenters. The molecule has 6 nitrogen and oxygen atoms in total. The second kappa shape index (κ2) is 8.10. The van der Waals surface area contributed by atoms with Crippen molar-refractivity contribution in [1.29, 1.82) is 0 Å². The zero-order chi connectivity index (χ0) is 17.8. The van der Waals surface area contributed by atoms with Gasteiger partial charge in [0.25, 0.3) is 0 Å². The van der Waals surface area contributed by atoms with Crippen LogP contribution in [0.1, 0.15) is 31.0 Å². The fourth-order valence-corrected chi connectivity index (χ4v) is 3.78. The minimum absolute atomic E-state index is 0.593. The summed E-state index contributed by atoms with van der Waals surface area (Å²) in [5.74, 6) is 2.49. The molecule has 26 heavy (non-hydrogen) atoms. The van der Waals surface area contributed by atoms with E-state index in [1.165, 1.54) is 12.0 Å². The lowest BCUT2D eigenvalue weighted by Crippen LogP contribution is -2.30. The van der Waals surface area contributed by atoms with Crippen LogP contribution >= 0.6 is 0 Å². The average molecular weight is 353 g/mol. The van der Waals surface area contributed by atoms with Crippen LogP contribution in [0, 0.1) is 5.92 Å². The Morgan fingerprint density at radius 1 is 1.35 bits per heavy atom. The van der Waals surface area contributed by atoms with E-state index in [-0.39, 0.29) is 0 Å². The Balaban J connectivity index is 1.61. The Bertz CT molecular complexity index is 736. The normalized spacial score (nSPS) is 19.6. The van der Waals surface area contributed by atoms with E-state index in [1.54, 1.807) is 6.20 Å². The first-order chi connectivity index (χ1) is 12.8. The molecule has 0 saturated carbocycles. The molecule has 0 aromatic carbocycles. The lowest BCUT2D eigenvalue weighted by molar-refractivity contribution is 0.106. The first kappa shape index (κ1) is 17.4. The maximum atomic E-state index is 5.78. The van der Waals surface area contributed by atoms with Crippen LogP contribution in [0.4, 0.5) is 5.82 Å². The molecular weight excluding hydrogens is 326 g/mol. The van der Waals surface area contributed by atoms with Crippen LogP contribution in [-0.4, -0.2) is 47.8 Å². The number of ether oxygens (including phenoxy) is 1. The van der Waals surface area contributed by atoms with Crippen molar-refractivity contribution in [1.82, 2.24) is 20.3 Å². The Morgan fingerprint density at radius 3 is 3.15 bits per heavy atom. The fourth-order valence-electron chi connectivity index (χ4n) is 3.78. The van der Waals surface area contributed by atoms with Gasteiger partial charge in [0.1, 0.15) is 5.82 Å². The van der Waals surface area contributed by atoms with E-state index in [1.807, 2.05) is 18.3 Å². The largest absolute Gasteiger partial charge is 0.381 e. The first-order valence-corrected chi connectivity index (χ1v) is 9.68. The van der Waals surface area contributed by atoms with Crippen LogP contribution in [0.3, 0.4) is 0 Å².